The predicted molar refractivity (Wildman–Crippen MR) is 131 cm³/mol. The lowest BCUT2D eigenvalue weighted by Gasteiger charge is -2.63. The molecule has 32 heavy (non-hydrogen) atoms. The number of allylic oxidation sites excluding steroid dienone is 1. The molecule has 0 aromatic rings. The van der Waals surface area contributed by atoms with Crippen molar-refractivity contribution in [2.45, 2.75) is 118 Å². The summed E-state index contributed by atoms with van der Waals surface area (Å²) in [6, 6.07) is 0. The zero-order valence-electron chi connectivity index (χ0n) is 21.7. The van der Waals surface area contributed by atoms with E-state index in [4.69, 9.17) is 0 Å². The van der Waals surface area contributed by atoms with E-state index in [9.17, 15) is 9.90 Å². The predicted octanol–water partition coefficient (Wildman–Crippen LogP) is 7.35. The van der Waals surface area contributed by atoms with Crippen LogP contribution < -0.4 is 0 Å². The maximum Gasteiger partial charge on any atom is 0.157 e. The van der Waals surface area contributed by atoms with Crippen LogP contribution >= 0.6 is 0 Å². The van der Waals surface area contributed by atoms with E-state index in [1.807, 2.05) is 6.92 Å². The smallest absolute Gasteiger partial charge is 0.157 e. The van der Waals surface area contributed by atoms with Crippen molar-refractivity contribution in [3.8, 4) is 0 Å². The molecule has 0 aromatic carbocycles. The third-order valence-corrected chi connectivity index (χ3v) is 13.1. The second-order valence-electron chi connectivity index (χ2n) is 14.2. The van der Waals surface area contributed by atoms with Crippen molar-refractivity contribution in [3.63, 3.8) is 0 Å². The molecule has 5 saturated carbocycles. The van der Waals surface area contributed by atoms with Gasteiger partial charge < -0.3 is 5.11 Å². The van der Waals surface area contributed by atoms with Crippen molar-refractivity contribution < 1.29 is 9.90 Å². The molecule has 0 unspecified atom stereocenters. The van der Waals surface area contributed by atoms with Crippen LogP contribution in [0.5, 0.6) is 0 Å². The molecule has 0 saturated heterocycles. The molecular weight excluding hydrogens is 392 g/mol. The number of carbonyl (C=O) groups excluding carboxylic acids is 1. The van der Waals surface area contributed by atoms with Gasteiger partial charge in [0.25, 0.3) is 0 Å². The standard InChI is InChI=1S/C30H48O2/c1-19(2)22(31)9-8-20(3)21-12-14-28(7)24-11-10-23-26(4,5)25(32)13-15-29(23)18-30(24,29)17-16-27(21,28)6/h20-21,23-25,32H,1,8-18H2,2-7H3/t20-,21+,23+,24+,25-,27+,28-,29+,30-/m0/s1. The SMILES string of the molecule is C=C(C)C(=O)CC[C@H](C)[C@H]1CC[C@@]2(C)[C@H]3CC[C@@H]4C(C)(C)[C@@H](O)CC[C@@]45C[C@@]35CC[C@]12C. The molecule has 0 aromatic heterocycles. The molecule has 1 N–H and O–H groups in total. The van der Waals surface area contributed by atoms with Crippen LogP contribution in [0.25, 0.3) is 0 Å². The molecular formula is C30H48O2. The number of hydrogen-bond donors (Lipinski definition) is 1. The number of fused-ring (bicyclic) bond motifs is 2. The van der Waals surface area contributed by atoms with Gasteiger partial charge in [-0.25, -0.2) is 0 Å². The van der Waals surface area contributed by atoms with Crippen LogP contribution in [0.15, 0.2) is 12.2 Å². The molecule has 9 atom stereocenters. The quantitative estimate of drug-likeness (QED) is 0.454. The van der Waals surface area contributed by atoms with Gasteiger partial charge >= 0.3 is 0 Å². The number of Topliss-reactive ketones (excluding diaryl/α,β-unsaturated/α-hetero) is 1. The monoisotopic (exact) mass is 440 g/mol. The molecule has 5 fully saturated rings. The highest BCUT2D eigenvalue weighted by Crippen LogP contribution is 2.89. The van der Waals surface area contributed by atoms with E-state index in [2.05, 4.69) is 41.2 Å². The molecule has 180 valence electrons. The fourth-order valence-electron chi connectivity index (χ4n) is 11.1. The van der Waals surface area contributed by atoms with Crippen molar-refractivity contribution in [2.75, 3.05) is 0 Å². The zero-order valence-corrected chi connectivity index (χ0v) is 21.7. The highest BCUT2D eigenvalue weighted by molar-refractivity contribution is 5.94. The highest BCUT2D eigenvalue weighted by atomic mass is 16.3. The number of ketones is 1. The molecule has 0 aliphatic heterocycles. The lowest BCUT2D eigenvalue weighted by atomic mass is 9.41. The molecule has 5 aliphatic carbocycles. The summed E-state index contributed by atoms with van der Waals surface area (Å²) < 4.78 is 0. The maximum absolute atomic E-state index is 12.2. The van der Waals surface area contributed by atoms with Gasteiger partial charge in [0.1, 0.15) is 0 Å². The lowest BCUT2D eigenvalue weighted by molar-refractivity contribution is -0.161. The van der Waals surface area contributed by atoms with Gasteiger partial charge in [-0.1, -0.05) is 41.2 Å². The molecule has 5 aliphatic rings. The van der Waals surface area contributed by atoms with Crippen LogP contribution in [-0.2, 0) is 4.79 Å². The van der Waals surface area contributed by atoms with Gasteiger partial charge in [0.2, 0.25) is 0 Å². The Morgan fingerprint density at radius 1 is 0.938 bits per heavy atom. The van der Waals surface area contributed by atoms with Crippen molar-refractivity contribution in [2.24, 2.45) is 50.7 Å². The Morgan fingerprint density at radius 2 is 1.59 bits per heavy atom. The summed E-state index contributed by atoms with van der Waals surface area (Å²) >= 11 is 0. The van der Waals surface area contributed by atoms with E-state index in [1.54, 1.807) is 0 Å². The van der Waals surface area contributed by atoms with Crippen molar-refractivity contribution in [3.05, 3.63) is 12.2 Å². The maximum atomic E-state index is 12.2. The lowest BCUT2D eigenvalue weighted by Crippen LogP contribution is -2.57. The molecule has 2 nitrogen and oxygen atoms in total. The molecule has 0 bridgehead atoms. The summed E-state index contributed by atoms with van der Waals surface area (Å²) in [5.74, 6) is 3.20. The fourth-order valence-corrected chi connectivity index (χ4v) is 11.1. The van der Waals surface area contributed by atoms with E-state index in [1.165, 1.54) is 51.4 Å². The Bertz CT molecular complexity index is 827. The van der Waals surface area contributed by atoms with Crippen molar-refractivity contribution in [1.29, 1.82) is 0 Å². The third kappa shape index (κ3) is 2.65. The van der Waals surface area contributed by atoms with Gasteiger partial charge in [0.05, 0.1) is 6.10 Å². The molecule has 2 heteroatoms. The first-order valence-corrected chi connectivity index (χ1v) is 13.7. The number of hydrogen-bond acceptors (Lipinski definition) is 2. The Kier molecular flexibility index (Phi) is 5.03. The largest absolute Gasteiger partial charge is 0.393 e. The van der Waals surface area contributed by atoms with E-state index < -0.39 is 0 Å². The number of carbonyl (C=O) groups is 1. The number of aliphatic hydroxyl groups excluding tert-OH is 1. The van der Waals surface area contributed by atoms with Gasteiger partial charge in [-0.15, -0.1) is 0 Å². The summed E-state index contributed by atoms with van der Waals surface area (Å²) in [6.07, 6.45) is 13.6. The van der Waals surface area contributed by atoms with Crippen LogP contribution in [0.4, 0.5) is 0 Å². The Balaban J connectivity index is 1.39. The van der Waals surface area contributed by atoms with Crippen LogP contribution in [0.1, 0.15) is 112 Å². The third-order valence-electron chi connectivity index (χ3n) is 13.1. The van der Waals surface area contributed by atoms with Crippen LogP contribution in [0.3, 0.4) is 0 Å². The molecule has 2 spiro atoms. The highest BCUT2D eigenvalue weighted by Gasteiger charge is 2.82. The second kappa shape index (κ2) is 6.96. The van der Waals surface area contributed by atoms with E-state index in [0.717, 1.165) is 30.3 Å². The zero-order chi connectivity index (χ0) is 23.3. The summed E-state index contributed by atoms with van der Waals surface area (Å²) in [4.78, 5) is 12.2. The average molecular weight is 441 g/mol. The van der Waals surface area contributed by atoms with Gasteiger partial charge in [-0.3, -0.25) is 4.79 Å². The fraction of sp³-hybridized carbons (Fsp3) is 0.900. The minimum atomic E-state index is -0.115. The first-order chi connectivity index (χ1) is 14.9. The average Bonchev–Trinajstić information content (AvgIpc) is 3.31. The summed E-state index contributed by atoms with van der Waals surface area (Å²) in [7, 11) is 0. The second-order valence-corrected chi connectivity index (χ2v) is 14.2. The minimum absolute atomic E-state index is 0.0803. The first kappa shape index (κ1) is 23.1. The normalized spacial score (nSPS) is 51.6. The van der Waals surface area contributed by atoms with E-state index >= 15 is 0 Å². The van der Waals surface area contributed by atoms with E-state index in [0.29, 0.717) is 39.9 Å². The van der Waals surface area contributed by atoms with Crippen molar-refractivity contribution >= 4 is 5.78 Å². The summed E-state index contributed by atoms with van der Waals surface area (Å²) in [5, 5.41) is 10.8. The first-order valence-electron chi connectivity index (χ1n) is 13.7. The van der Waals surface area contributed by atoms with Crippen LogP contribution in [-0.4, -0.2) is 17.0 Å². The topological polar surface area (TPSA) is 37.3 Å². The Hall–Kier alpha value is -0.630. The van der Waals surface area contributed by atoms with Crippen LogP contribution in [0, 0.1) is 50.7 Å². The molecule has 5 rings (SSSR count). The number of rotatable bonds is 5. The van der Waals surface area contributed by atoms with Gasteiger partial charge in [-0.2, -0.15) is 0 Å². The molecule has 0 amide bonds. The Labute approximate surface area is 197 Å². The minimum Gasteiger partial charge on any atom is -0.393 e. The molecule has 0 heterocycles. The van der Waals surface area contributed by atoms with Gasteiger partial charge in [0.15, 0.2) is 5.78 Å². The van der Waals surface area contributed by atoms with Crippen molar-refractivity contribution in [1.82, 2.24) is 0 Å². The Morgan fingerprint density at radius 3 is 2.28 bits per heavy atom. The summed E-state index contributed by atoms with van der Waals surface area (Å²) in [6.45, 7) is 18.2. The van der Waals surface area contributed by atoms with Crippen LogP contribution in [0.2, 0.25) is 0 Å². The van der Waals surface area contributed by atoms with E-state index in [-0.39, 0.29) is 17.3 Å². The number of aliphatic hydroxyl groups is 1. The molecule has 0 radical (unpaired) electrons. The van der Waals surface area contributed by atoms with Gasteiger partial charge in [0, 0.05) is 6.42 Å². The summed E-state index contributed by atoms with van der Waals surface area (Å²) in [5.41, 5.74) is 2.75. The van der Waals surface area contributed by atoms with Gasteiger partial charge in [-0.05, 0) is 127 Å².